The number of aryl methyl sites for hydroxylation is 1. The fourth-order valence-electron chi connectivity index (χ4n) is 3.49. The summed E-state index contributed by atoms with van der Waals surface area (Å²) >= 11 is 0. The van der Waals surface area contributed by atoms with Crippen LogP contribution in [0.2, 0.25) is 0 Å². The number of nitrogens with one attached hydrogen (secondary N) is 2. The molecule has 2 aromatic rings. The number of aromatic nitrogens is 1. The molecule has 1 aliphatic heterocycles. The van der Waals surface area contributed by atoms with Crippen molar-refractivity contribution in [2.75, 3.05) is 31.1 Å². The van der Waals surface area contributed by atoms with Gasteiger partial charge in [0, 0.05) is 31.9 Å². The van der Waals surface area contributed by atoms with Crippen LogP contribution in [-0.4, -0.2) is 43.2 Å². The monoisotopic (exact) mass is 527 g/mol. The lowest BCUT2D eigenvalue weighted by molar-refractivity contribution is 0.338. The van der Waals surface area contributed by atoms with Crippen LogP contribution in [0.5, 0.6) is 5.75 Å². The molecule has 0 spiro atoms. The van der Waals surface area contributed by atoms with Gasteiger partial charge in [0.25, 0.3) is 0 Å². The van der Waals surface area contributed by atoms with Crippen LogP contribution in [0.25, 0.3) is 0 Å². The van der Waals surface area contributed by atoms with E-state index >= 15 is 0 Å². The first-order valence-corrected chi connectivity index (χ1v) is 10.2. The summed E-state index contributed by atoms with van der Waals surface area (Å²) in [5.74, 6) is 1.83. The quantitative estimate of drug-likeness (QED) is 0.325. The highest BCUT2D eigenvalue weighted by Crippen LogP contribution is 2.21. The molecule has 1 fully saturated rings. The van der Waals surface area contributed by atoms with Gasteiger partial charge in [0.2, 0.25) is 0 Å². The summed E-state index contributed by atoms with van der Waals surface area (Å²) in [6.07, 6.45) is 2.53. The van der Waals surface area contributed by atoms with E-state index in [4.69, 9.17) is 9.73 Å². The van der Waals surface area contributed by atoms with Gasteiger partial charge in [0.15, 0.2) is 17.6 Å². The standard InChI is InChI=1S/C22H30FN5O.HI/c1-4-24-22(26-14-17-8-9-20(29-5-2)16(3)13-17)27-18-10-12-28(15-18)21-19(23)7-6-11-25-21;/h6-9,11,13,18H,4-5,10,12,14-15H2,1-3H3,(H2,24,26,27);1H. The van der Waals surface area contributed by atoms with Gasteiger partial charge in [-0.15, -0.1) is 24.0 Å². The summed E-state index contributed by atoms with van der Waals surface area (Å²) in [6, 6.07) is 9.42. The Morgan fingerprint density at radius 3 is 2.87 bits per heavy atom. The van der Waals surface area contributed by atoms with Gasteiger partial charge in [0.05, 0.1) is 13.2 Å². The zero-order valence-corrected chi connectivity index (χ0v) is 20.2. The number of rotatable bonds is 7. The van der Waals surface area contributed by atoms with Crippen LogP contribution in [0.4, 0.5) is 10.2 Å². The minimum atomic E-state index is -0.278. The molecule has 1 aromatic carbocycles. The van der Waals surface area contributed by atoms with Crippen LogP contribution in [0.1, 0.15) is 31.4 Å². The lowest BCUT2D eigenvalue weighted by atomic mass is 10.1. The molecule has 0 saturated carbocycles. The van der Waals surface area contributed by atoms with Gasteiger partial charge in [-0.1, -0.05) is 12.1 Å². The first-order valence-electron chi connectivity index (χ1n) is 10.2. The molecule has 0 aliphatic carbocycles. The van der Waals surface area contributed by atoms with Crippen molar-refractivity contribution in [3.05, 3.63) is 53.5 Å². The summed E-state index contributed by atoms with van der Waals surface area (Å²) in [7, 11) is 0. The average Bonchev–Trinajstić information content (AvgIpc) is 3.17. The van der Waals surface area contributed by atoms with Gasteiger partial charge in [-0.3, -0.25) is 0 Å². The SMILES string of the molecule is CCNC(=NCc1ccc(OCC)c(C)c1)NC1CCN(c2ncccc2F)C1.I. The predicted molar refractivity (Wildman–Crippen MR) is 131 cm³/mol. The van der Waals surface area contributed by atoms with Crippen LogP contribution in [0.3, 0.4) is 0 Å². The molecule has 30 heavy (non-hydrogen) atoms. The van der Waals surface area contributed by atoms with Gasteiger partial charge in [-0.2, -0.15) is 0 Å². The van der Waals surface area contributed by atoms with E-state index < -0.39 is 0 Å². The van der Waals surface area contributed by atoms with E-state index in [1.165, 1.54) is 6.07 Å². The van der Waals surface area contributed by atoms with Crippen LogP contribution >= 0.6 is 24.0 Å². The zero-order chi connectivity index (χ0) is 20.6. The van der Waals surface area contributed by atoms with Crippen LogP contribution in [0, 0.1) is 12.7 Å². The van der Waals surface area contributed by atoms with Crippen molar-refractivity contribution in [1.29, 1.82) is 0 Å². The second-order valence-electron chi connectivity index (χ2n) is 7.11. The summed E-state index contributed by atoms with van der Waals surface area (Å²) in [5.41, 5.74) is 2.24. The second-order valence-corrected chi connectivity index (χ2v) is 7.11. The van der Waals surface area contributed by atoms with E-state index in [2.05, 4.69) is 21.7 Å². The highest BCUT2D eigenvalue weighted by molar-refractivity contribution is 14.0. The number of pyridine rings is 1. The fourth-order valence-corrected chi connectivity index (χ4v) is 3.49. The van der Waals surface area contributed by atoms with Crippen molar-refractivity contribution in [2.45, 2.75) is 39.8 Å². The fraction of sp³-hybridized carbons (Fsp3) is 0.455. The number of anilines is 1. The van der Waals surface area contributed by atoms with Crippen molar-refractivity contribution in [2.24, 2.45) is 4.99 Å². The molecular weight excluding hydrogens is 496 g/mol. The number of aliphatic imine (C=N–C) groups is 1. The van der Waals surface area contributed by atoms with Crippen molar-refractivity contribution in [3.8, 4) is 5.75 Å². The van der Waals surface area contributed by atoms with Gasteiger partial charge in [-0.05, 0) is 56.5 Å². The number of guanidine groups is 1. The van der Waals surface area contributed by atoms with Crippen molar-refractivity contribution in [3.63, 3.8) is 0 Å². The van der Waals surface area contributed by atoms with E-state index in [1.807, 2.05) is 37.8 Å². The number of benzene rings is 1. The molecule has 3 rings (SSSR count). The molecule has 0 amide bonds. The number of hydrogen-bond acceptors (Lipinski definition) is 4. The molecule has 2 N–H and O–H groups in total. The average molecular weight is 527 g/mol. The lowest BCUT2D eigenvalue weighted by Crippen LogP contribution is -2.44. The maximum absolute atomic E-state index is 14.0. The minimum absolute atomic E-state index is 0. The largest absolute Gasteiger partial charge is 0.494 e. The van der Waals surface area contributed by atoms with Gasteiger partial charge in [0.1, 0.15) is 5.75 Å². The van der Waals surface area contributed by atoms with E-state index in [0.717, 1.165) is 42.3 Å². The first kappa shape index (κ1) is 24.2. The third-order valence-corrected chi connectivity index (χ3v) is 4.87. The van der Waals surface area contributed by atoms with Gasteiger partial charge < -0.3 is 20.3 Å². The highest BCUT2D eigenvalue weighted by Gasteiger charge is 2.25. The normalized spacial score (nSPS) is 16.2. The number of halogens is 2. The number of nitrogens with zero attached hydrogens (tertiary/aromatic N) is 3. The zero-order valence-electron chi connectivity index (χ0n) is 17.8. The van der Waals surface area contributed by atoms with E-state index in [-0.39, 0.29) is 35.8 Å². The number of ether oxygens (including phenoxy) is 1. The maximum atomic E-state index is 14.0. The molecule has 1 aliphatic rings. The Labute approximate surface area is 195 Å². The third-order valence-electron chi connectivity index (χ3n) is 4.87. The predicted octanol–water partition coefficient (Wildman–Crippen LogP) is 3.88. The first-order chi connectivity index (χ1) is 14.1. The minimum Gasteiger partial charge on any atom is -0.494 e. The lowest BCUT2D eigenvalue weighted by Gasteiger charge is -2.20. The molecule has 164 valence electrons. The van der Waals surface area contributed by atoms with Crippen LogP contribution < -0.4 is 20.3 Å². The van der Waals surface area contributed by atoms with Crippen molar-refractivity contribution < 1.29 is 9.13 Å². The Hall–Kier alpha value is -2.10. The molecule has 1 aromatic heterocycles. The Balaban J connectivity index is 0.00000320. The van der Waals surface area contributed by atoms with E-state index in [0.29, 0.717) is 25.5 Å². The highest BCUT2D eigenvalue weighted by atomic mass is 127. The molecule has 0 radical (unpaired) electrons. The molecule has 1 saturated heterocycles. The molecule has 2 heterocycles. The second kappa shape index (κ2) is 11.9. The number of hydrogen-bond donors (Lipinski definition) is 2. The maximum Gasteiger partial charge on any atom is 0.191 e. The van der Waals surface area contributed by atoms with E-state index in [1.54, 1.807) is 12.3 Å². The molecular formula is C22H31FIN5O. The summed E-state index contributed by atoms with van der Waals surface area (Å²) < 4.78 is 19.6. The molecule has 6 nitrogen and oxygen atoms in total. The van der Waals surface area contributed by atoms with Crippen LogP contribution in [-0.2, 0) is 6.54 Å². The molecule has 8 heteroatoms. The van der Waals surface area contributed by atoms with Crippen LogP contribution in [0.15, 0.2) is 41.5 Å². The van der Waals surface area contributed by atoms with E-state index in [9.17, 15) is 4.39 Å². The van der Waals surface area contributed by atoms with Gasteiger partial charge in [-0.25, -0.2) is 14.4 Å². The molecule has 1 atom stereocenters. The topological polar surface area (TPSA) is 61.8 Å². The Bertz CT molecular complexity index is 848. The summed E-state index contributed by atoms with van der Waals surface area (Å²) in [4.78, 5) is 10.9. The van der Waals surface area contributed by atoms with Crippen molar-refractivity contribution in [1.82, 2.24) is 15.6 Å². The Morgan fingerprint density at radius 1 is 1.33 bits per heavy atom. The molecule has 1 unspecified atom stereocenters. The smallest absolute Gasteiger partial charge is 0.191 e. The molecule has 0 bridgehead atoms. The van der Waals surface area contributed by atoms with Gasteiger partial charge >= 0.3 is 0 Å². The Morgan fingerprint density at radius 2 is 2.17 bits per heavy atom. The third kappa shape index (κ3) is 6.45. The van der Waals surface area contributed by atoms with Crippen molar-refractivity contribution >= 4 is 35.8 Å². The Kier molecular flexibility index (Phi) is 9.61. The summed E-state index contributed by atoms with van der Waals surface area (Å²) in [5, 5.41) is 6.77. The summed E-state index contributed by atoms with van der Waals surface area (Å²) in [6.45, 7) is 9.55.